The highest BCUT2D eigenvalue weighted by Crippen LogP contribution is 1.99. The molecule has 0 aliphatic heterocycles. The number of hydroxylamine groups is 1. The lowest BCUT2D eigenvalue weighted by molar-refractivity contribution is 0.128. The van der Waals surface area contributed by atoms with Crippen LogP contribution >= 0.6 is 0 Å². The predicted octanol–water partition coefficient (Wildman–Crippen LogP) is 0.493. The summed E-state index contributed by atoms with van der Waals surface area (Å²) in [6, 6.07) is 9.77. The molecule has 0 radical (unpaired) electrons. The second-order valence-electron chi connectivity index (χ2n) is 2.43. The molecule has 0 fully saturated rings. The normalized spacial score (nSPS) is 12.9. The third-order valence-electron chi connectivity index (χ3n) is 1.46. The number of hydrogen-bond acceptors (Lipinski definition) is 3. The van der Waals surface area contributed by atoms with Crippen molar-refractivity contribution in [3.8, 4) is 0 Å². The average molecular weight is 152 g/mol. The Labute approximate surface area is 65.8 Å². The lowest BCUT2D eigenvalue weighted by atomic mass is 10.1. The van der Waals surface area contributed by atoms with Crippen LogP contribution in [0.4, 0.5) is 0 Å². The minimum atomic E-state index is -0.377. The van der Waals surface area contributed by atoms with Crippen molar-refractivity contribution in [2.24, 2.45) is 5.73 Å². The van der Waals surface area contributed by atoms with Gasteiger partial charge in [-0.15, -0.1) is 0 Å². The molecule has 1 atom stereocenters. The van der Waals surface area contributed by atoms with E-state index in [4.69, 9.17) is 10.9 Å². The molecule has 0 aliphatic carbocycles. The van der Waals surface area contributed by atoms with Crippen LogP contribution in [0.2, 0.25) is 0 Å². The molecule has 3 nitrogen and oxygen atoms in total. The molecule has 1 rings (SSSR count). The standard InChI is InChI=1S/C8H12N2O/c9-8(10-11)6-7-4-2-1-3-5-7/h1-5,8,10-11H,6,9H2. The van der Waals surface area contributed by atoms with Gasteiger partial charge in [-0.05, 0) is 5.56 Å². The highest BCUT2D eigenvalue weighted by atomic mass is 16.5. The van der Waals surface area contributed by atoms with Gasteiger partial charge in [0.2, 0.25) is 0 Å². The number of benzene rings is 1. The van der Waals surface area contributed by atoms with Gasteiger partial charge in [0.05, 0.1) is 6.17 Å². The lowest BCUT2D eigenvalue weighted by Gasteiger charge is -2.07. The summed E-state index contributed by atoms with van der Waals surface area (Å²) in [6.07, 6.45) is 0.259. The van der Waals surface area contributed by atoms with Crippen molar-refractivity contribution in [2.45, 2.75) is 12.6 Å². The number of nitrogens with two attached hydrogens (primary N) is 1. The summed E-state index contributed by atoms with van der Waals surface area (Å²) in [5, 5.41) is 8.42. The van der Waals surface area contributed by atoms with E-state index in [1.54, 1.807) is 0 Å². The van der Waals surface area contributed by atoms with Gasteiger partial charge in [-0.1, -0.05) is 30.3 Å². The first-order valence-corrected chi connectivity index (χ1v) is 3.52. The molecule has 0 amide bonds. The zero-order chi connectivity index (χ0) is 8.10. The molecule has 4 N–H and O–H groups in total. The summed E-state index contributed by atoms with van der Waals surface area (Å²) >= 11 is 0. The Morgan fingerprint density at radius 1 is 1.36 bits per heavy atom. The van der Waals surface area contributed by atoms with Gasteiger partial charge in [0.15, 0.2) is 0 Å². The molecule has 1 unspecified atom stereocenters. The van der Waals surface area contributed by atoms with Crippen LogP contribution in [-0.2, 0) is 6.42 Å². The van der Waals surface area contributed by atoms with Crippen LogP contribution in [0.3, 0.4) is 0 Å². The molecule has 60 valence electrons. The monoisotopic (exact) mass is 152 g/mol. The second-order valence-corrected chi connectivity index (χ2v) is 2.43. The smallest absolute Gasteiger partial charge is 0.0825 e. The van der Waals surface area contributed by atoms with Crippen LogP contribution in [-0.4, -0.2) is 11.4 Å². The molecule has 0 aliphatic rings. The van der Waals surface area contributed by atoms with E-state index in [0.717, 1.165) is 5.56 Å². The van der Waals surface area contributed by atoms with Crippen LogP contribution in [0.25, 0.3) is 0 Å². The van der Waals surface area contributed by atoms with Crippen molar-refractivity contribution in [2.75, 3.05) is 0 Å². The Kier molecular flexibility index (Phi) is 3.04. The third-order valence-corrected chi connectivity index (χ3v) is 1.46. The first-order chi connectivity index (χ1) is 5.33. The first kappa shape index (κ1) is 8.20. The molecule has 0 bridgehead atoms. The molecule has 0 heterocycles. The van der Waals surface area contributed by atoms with Crippen molar-refractivity contribution in [1.29, 1.82) is 0 Å². The Hall–Kier alpha value is -0.900. The summed E-state index contributed by atoms with van der Waals surface area (Å²) in [7, 11) is 0. The number of rotatable bonds is 3. The summed E-state index contributed by atoms with van der Waals surface area (Å²) in [5.41, 5.74) is 8.55. The van der Waals surface area contributed by atoms with Crippen molar-refractivity contribution in [3.63, 3.8) is 0 Å². The van der Waals surface area contributed by atoms with E-state index in [1.807, 2.05) is 35.8 Å². The Bertz CT molecular complexity index is 201. The van der Waals surface area contributed by atoms with E-state index >= 15 is 0 Å². The minimum Gasteiger partial charge on any atom is -0.315 e. The van der Waals surface area contributed by atoms with Crippen molar-refractivity contribution in [1.82, 2.24) is 5.48 Å². The third kappa shape index (κ3) is 2.67. The fourth-order valence-electron chi connectivity index (χ4n) is 0.914. The maximum absolute atomic E-state index is 8.42. The summed E-state index contributed by atoms with van der Waals surface area (Å²) < 4.78 is 0. The van der Waals surface area contributed by atoms with Crippen molar-refractivity contribution < 1.29 is 5.21 Å². The van der Waals surface area contributed by atoms with Crippen LogP contribution in [0.5, 0.6) is 0 Å². The largest absolute Gasteiger partial charge is 0.315 e. The zero-order valence-corrected chi connectivity index (χ0v) is 6.20. The minimum absolute atomic E-state index is 0.377. The summed E-state index contributed by atoms with van der Waals surface area (Å²) in [5.74, 6) is 0. The first-order valence-electron chi connectivity index (χ1n) is 3.52. The van der Waals surface area contributed by atoms with E-state index in [9.17, 15) is 0 Å². The molecular formula is C8H12N2O. The van der Waals surface area contributed by atoms with Gasteiger partial charge >= 0.3 is 0 Å². The van der Waals surface area contributed by atoms with Gasteiger partial charge in [0.25, 0.3) is 0 Å². The van der Waals surface area contributed by atoms with Gasteiger partial charge in [-0.25, -0.2) is 0 Å². The second kappa shape index (κ2) is 4.08. The van der Waals surface area contributed by atoms with Gasteiger partial charge in [0, 0.05) is 6.42 Å². The van der Waals surface area contributed by atoms with Gasteiger partial charge in [-0.2, -0.15) is 5.48 Å². The van der Waals surface area contributed by atoms with Crippen LogP contribution in [0.15, 0.2) is 30.3 Å². The van der Waals surface area contributed by atoms with Gasteiger partial charge in [-0.3, -0.25) is 0 Å². The Balaban J connectivity index is 2.51. The van der Waals surface area contributed by atoms with Crippen LogP contribution < -0.4 is 11.2 Å². The fourth-order valence-corrected chi connectivity index (χ4v) is 0.914. The van der Waals surface area contributed by atoms with Crippen LogP contribution in [0.1, 0.15) is 5.56 Å². The molecule has 3 heteroatoms. The molecule has 1 aromatic carbocycles. The van der Waals surface area contributed by atoms with Gasteiger partial charge < -0.3 is 10.9 Å². The highest BCUT2D eigenvalue weighted by molar-refractivity contribution is 5.15. The SMILES string of the molecule is NC(Cc1ccccc1)NO. The maximum atomic E-state index is 8.42. The molecule has 0 saturated heterocycles. The van der Waals surface area contributed by atoms with E-state index in [0.29, 0.717) is 6.42 Å². The van der Waals surface area contributed by atoms with Crippen LogP contribution in [0, 0.1) is 0 Å². The molecule has 11 heavy (non-hydrogen) atoms. The number of hydrogen-bond donors (Lipinski definition) is 3. The maximum Gasteiger partial charge on any atom is 0.0825 e. The predicted molar refractivity (Wildman–Crippen MR) is 43.0 cm³/mol. The van der Waals surface area contributed by atoms with E-state index in [1.165, 1.54) is 0 Å². The molecule has 0 saturated carbocycles. The Morgan fingerprint density at radius 3 is 2.55 bits per heavy atom. The summed E-state index contributed by atoms with van der Waals surface area (Å²) in [4.78, 5) is 0. The lowest BCUT2D eigenvalue weighted by Crippen LogP contribution is -2.36. The van der Waals surface area contributed by atoms with Crippen molar-refractivity contribution >= 4 is 0 Å². The Morgan fingerprint density at radius 2 is 2.00 bits per heavy atom. The highest BCUT2D eigenvalue weighted by Gasteiger charge is 1.99. The fraction of sp³-hybridized carbons (Fsp3) is 0.250. The molecular weight excluding hydrogens is 140 g/mol. The molecule has 0 aromatic heterocycles. The quantitative estimate of drug-likeness (QED) is 0.436. The molecule has 1 aromatic rings. The van der Waals surface area contributed by atoms with Crippen molar-refractivity contribution in [3.05, 3.63) is 35.9 Å². The van der Waals surface area contributed by atoms with E-state index < -0.39 is 0 Å². The van der Waals surface area contributed by atoms with Gasteiger partial charge in [0.1, 0.15) is 0 Å². The molecule has 0 spiro atoms. The average Bonchev–Trinajstić information content (AvgIpc) is 2.06. The summed E-state index contributed by atoms with van der Waals surface area (Å²) in [6.45, 7) is 0. The van der Waals surface area contributed by atoms with E-state index in [-0.39, 0.29) is 6.17 Å². The number of nitrogens with one attached hydrogen (secondary N) is 1. The topological polar surface area (TPSA) is 58.3 Å². The van der Waals surface area contributed by atoms with E-state index in [2.05, 4.69) is 0 Å². The zero-order valence-electron chi connectivity index (χ0n) is 6.20.